The highest BCUT2D eigenvalue weighted by Gasteiger charge is 2.42. The van der Waals surface area contributed by atoms with Crippen LogP contribution < -0.4 is 5.32 Å². The largest absolute Gasteiger partial charge is 0.490 e. The van der Waals surface area contributed by atoms with Gasteiger partial charge in [-0.1, -0.05) is 77.6 Å². The molecule has 0 spiro atoms. The summed E-state index contributed by atoms with van der Waals surface area (Å²) in [5, 5.41) is 10.8. The first-order chi connectivity index (χ1) is 15.7. The number of carbonyl (C=O) groups excluding carboxylic acids is 2. The molecule has 194 valence electrons. The van der Waals surface area contributed by atoms with Gasteiger partial charge in [-0.05, 0) is 32.1 Å². The van der Waals surface area contributed by atoms with E-state index in [1.807, 2.05) is 0 Å². The van der Waals surface area contributed by atoms with Crippen molar-refractivity contribution in [2.45, 2.75) is 128 Å². The normalized spacial score (nSPS) is 12.4. The Hall–Kier alpha value is -1.80. The number of esters is 1. The fourth-order valence-electron chi connectivity index (χ4n) is 3.61. The number of halogens is 3. The molecule has 0 rings (SSSR count). The molecule has 1 amide bonds. The lowest BCUT2D eigenvalue weighted by molar-refractivity contribution is -0.205. The highest BCUT2D eigenvalue weighted by molar-refractivity contribution is 5.80. The molecule has 0 aromatic rings. The molecule has 0 saturated heterocycles. The van der Waals surface area contributed by atoms with Gasteiger partial charge in [-0.25, -0.2) is 4.79 Å². The van der Waals surface area contributed by atoms with Crippen molar-refractivity contribution in [1.29, 1.82) is 0 Å². The first kappa shape index (κ1) is 31.2. The van der Waals surface area contributed by atoms with Crippen LogP contribution >= 0.6 is 0 Å². The fraction of sp³-hybridized carbons (Fsp3) is 0.875. The molecule has 0 aliphatic rings. The minimum Gasteiger partial charge on any atom is -0.480 e. The molecule has 9 heteroatoms. The van der Waals surface area contributed by atoms with E-state index in [2.05, 4.69) is 12.2 Å². The average Bonchev–Trinajstić information content (AvgIpc) is 2.74. The predicted octanol–water partition coefficient (Wildman–Crippen LogP) is 6.31. The van der Waals surface area contributed by atoms with Gasteiger partial charge in [0.1, 0.15) is 12.6 Å². The zero-order valence-corrected chi connectivity index (χ0v) is 20.0. The quantitative estimate of drug-likeness (QED) is 0.148. The smallest absolute Gasteiger partial charge is 0.480 e. The van der Waals surface area contributed by atoms with Crippen molar-refractivity contribution < 1.29 is 37.4 Å². The lowest BCUT2D eigenvalue weighted by Crippen LogP contribution is -2.30. The van der Waals surface area contributed by atoms with E-state index in [0.717, 1.165) is 57.8 Å². The van der Waals surface area contributed by atoms with Crippen LogP contribution in [0.2, 0.25) is 0 Å². The van der Waals surface area contributed by atoms with E-state index in [-0.39, 0.29) is 12.5 Å². The number of hydrogen-bond acceptors (Lipinski definition) is 4. The topological polar surface area (TPSA) is 92.7 Å². The van der Waals surface area contributed by atoms with Gasteiger partial charge < -0.3 is 15.2 Å². The van der Waals surface area contributed by atoms with Gasteiger partial charge in [-0.2, -0.15) is 13.2 Å². The molecule has 1 atom stereocenters. The van der Waals surface area contributed by atoms with Gasteiger partial charge in [0, 0.05) is 6.42 Å². The third-order valence-electron chi connectivity index (χ3n) is 5.50. The van der Waals surface area contributed by atoms with Crippen LogP contribution in [-0.2, 0) is 19.1 Å². The van der Waals surface area contributed by atoms with Crippen molar-refractivity contribution in [1.82, 2.24) is 5.32 Å². The second-order valence-corrected chi connectivity index (χ2v) is 8.62. The second-order valence-electron chi connectivity index (χ2n) is 8.62. The van der Waals surface area contributed by atoms with Crippen molar-refractivity contribution in [3.63, 3.8) is 0 Å². The van der Waals surface area contributed by atoms with Gasteiger partial charge in [0.15, 0.2) is 0 Å². The van der Waals surface area contributed by atoms with Crippen molar-refractivity contribution in [2.24, 2.45) is 0 Å². The molecule has 2 N–H and O–H groups in total. The highest BCUT2D eigenvalue weighted by Crippen LogP contribution is 2.22. The predicted molar refractivity (Wildman–Crippen MR) is 121 cm³/mol. The summed E-state index contributed by atoms with van der Waals surface area (Å²) in [7, 11) is 0. The van der Waals surface area contributed by atoms with Crippen molar-refractivity contribution in [3.8, 4) is 0 Å². The second kappa shape index (κ2) is 19.6. The Bertz CT molecular complexity index is 541. The molecule has 33 heavy (non-hydrogen) atoms. The van der Waals surface area contributed by atoms with E-state index in [1.165, 1.54) is 19.3 Å². The Labute approximate surface area is 196 Å². The highest BCUT2D eigenvalue weighted by atomic mass is 19.4. The van der Waals surface area contributed by atoms with Crippen LogP contribution in [0.5, 0.6) is 0 Å². The lowest BCUT2D eigenvalue weighted by atomic mass is 10.0. The molecular formula is C24H42F3NO5. The summed E-state index contributed by atoms with van der Waals surface area (Å²) in [4.78, 5) is 33.0. The zero-order chi connectivity index (χ0) is 25.0. The van der Waals surface area contributed by atoms with E-state index >= 15 is 0 Å². The van der Waals surface area contributed by atoms with E-state index in [4.69, 9.17) is 9.84 Å². The van der Waals surface area contributed by atoms with Gasteiger partial charge in [0.2, 0.25) is 5.91 Å². The van der Waals surface area contributed by atoms with Gasteiger partial charge in [0.05, 0.1) is 0 Å². The monoisotopic (exact) mass is 481 g/mol. The number of carbonyl (C=O) groups is 3. The molecule has 1 unspecified atom stereocenters. The molecule has 0 aromatic heterocycles. The number of hydrogen-bond donors (Lipinski definition) is 2. The van der Waals surface area contributed by atoms with E-state index < -0.39 is 24.2 Å². The molecular weight excluding hydrogens is 439 g/mol. The van der Waals surface area contributed by atoms with E-state index in [1.54, 1.807) is 0 Å². The summed E-state index contributed by atoms with van der Waals surface area (Å²) in [5.41, 5.74) is 0. The maximum absolute atomic E-state index is 12.6. The molecule has 0 aliphatic heterocycles. The summed E-state index contributed by atoms with van der Waals surface area (Å²) in [6, 6.07) is 0. The van der Waals surface area contributed by atoms with Gasteiger partial charge >= 0.3 is 18.1 Å². The summed E-state index contributed by atoms with van der Waals surface area (Å²) in [6.07, 6.45) is 9.00. The van der Waals surface area contributed by atoms with Crippen LogP contribution in [-0.4, -0.2) is 41.8 Å². The summed E-state index contributed by atoms with van der Waals surface area (Å²) in [6.45, 7) is 1.78. The number of alkyl halides is 3. The average molecular weight is 482 g/mol. The third kappa shape index (κ3) is 20.5. The number of carboxylic acid groups (broad SMARTS) is 1. The summed E-state index contributed by atoms with van der Waals surface area (Å²) >= 11 is 0. The molecule has 0 bridgehead atoms. The molecule has 0 heterocycles. The fourth-order valence-corrected chi connectivity index (χ4v) is 3.61. The first-order valence-corrected chi connectivity index (χ1v) is 12.4. The van der Waals surface area contributed by atoms with Crippen LogP contribution in [0.15, 0.2) is 0 Å². The van der Waals surface area contributed by atoms with Gasteiger partial charge in [0.25, 0.3) is 0 Å². The van der Waals surface area contributed by atoms with E-state index in [0.29, 0.717) is 32.1 Å². The lowest BCUT2D eigenvalue weighted by Gasteiger charge is -2.19. The van der Waals surface area contributed by atoms with Crippen molar-refractivity contribution >= 4 is 17.8 Å². The minimum atomic E-state index is -4.96. The minimum absolute atomic E-state index is 0.266. The van der Waals surface area contributed by atoms with Crippen molar-refractivity contribution in [3.05, 3.63) is 0 Å². The Morgan fingerprint density at radius 2 is 1.24 bits per heavy atom. The molecule has 0 saturated carbocycles. The van der Waals surface area contributed by atoms with Crippen LogP contribution in [0.25, 0.3) is 0 Å². The van der Waals surface area contributed by atoms with Crippen LogP contribution in [0.1, 0.15) is 116 Å². The van der Waals surface area contributed by atoms with Crippen LogP contribution in [0.4, 0.5) is 13.2 Å². The molecule has 0 aliphatic carbocycles. The van der Waals surface area contributed by atoms with Gasteiger partial charge in [-0.15, -0.1) is 0 Å². The Morgan fingerprint density at radius 3 is 1.70 bits per heavy atom. The Kier molecular flexibility index (Phi) is 18.6. The zero-order valence-electron chi connectivity index (χ0n) is 20.0. The third-order valence-corrected chi connectivity index (χ3v) is 5.50. The molecule has 0 fully saturated rings. The number of carboxylic acids is 1. The standard InChI is InChI=1S/C24H42F3NO5/c1-2-3-4-5-7-10-13-16-20(33-23(32)24(25,26)27)17-14-11-8-6-9-12-15-18-21(29)28-19-22(30)31/h20H,2-19H2,1H3,(H,28,29)(H,30,31). The number of aliphatic carboxylic acids is 1. The Morgan fingerprint density at radius 1 is 0.788 bits per heavy atom. The Balaban J connectivity index is 3.96. The first-order valence-electron chi connectivity index (χ1n) is 12.4. The van der Waals surface area contributed by atoms with Crippen LogP contribution in [0.3, 0.4) is 0 Å². The van der Waals surface area contributed by atoms with E-state index in [9.17, 15) is 27.6 Å². The number of amides is 1. The van der Waals surface area contributed by atoms with Gasteiger partial charge in [-0.3, -0.25) is 9.59 Å². The number of rotatable bonds is 21. The summed E-state index contributed by atoms with van der Waals surface area (Å²) < 4.78 is 42.4. The molecule has 0 radical (unpaired) electrons. The maximum Gasteiger partial charge on any atom is 0.490 e. The van der Waals surface area contributed by atoms with Crippen molar-refractivity contribution in [2.75, 3.05) is 6.54 Å². The molecule has 0 aromatic carbocycles. The number of unbranched alkanes of at least 4 members (excludes halogenated alkanes) is 12. The number of ether oxygens (including phenoxy) is 1. The van der Waals surface area contributed by atoms with Crippen LogP contribution in [0, 0.1) is 0 Å². The SMILES string of the molecule is CCCCCCCCCC(CCCCCCCCCC(=O)NCC(=O)O)OC(=O)C(F)(F)F. The summed E-state index contributed by atoms with van der Waals surface area (Å²) in [5.74, 6) is -3.43. The maximum atomic E-state index is 12.6. The number of nitrogens with one attached hydrogen (secondary N) is 1. The molecule has 6 nitrogen and oxygen atoms in total.